The normalized spacial score (nSPS) is 9.08. The third-order valence-corrected chi connectivity index (χ3v) is 2.11. The Balaban J connectivity index is 2.45. The largest absolute Gasteiger partial charge is 0.283 e. The highest BCUT2D eigenvalue weighted by Crippen LogP contribution is 2.06. The Bertz CT molecular complexity index is 283. The first kappa shape index (κ1) is 9.50. The lowest BCUT2D eigenvalue weighted by Gasteiger charge is -2.02. The molecule has 0 unspecified atom stereocenters. The molecule has 0 aliphatic heterocycles. The summed E-state index contributed by atoms with van der Waals surface area (Å²) in [5.74, 6) is -0.207. The first-order chi connectivity index (χ1) is 5.70. The summed E-state index contributed by atoms with van der Waals surface area (Å²) in [5.41, 5.74) is 4.82. The molecule has 1 rings (SSSR count). The lowest BCUT2D eigenvalue weighted by Crippen LogP contribution is -2.38. The molecule has 1 aromatic rings. The predicted octanol–water partition coefficient (Wildman–Crippen LogP) is 1.20. The molecule has 0 saturated heterocycles. The summed E-state index contributed by atoms with van der Waals surface area (Å²) < 4.78 is 0.236. The summed E-state index contributed by atoms with van der Waals surface area (Å²) in [4.78, 5) is 11.8. The van der Waals surface area contributed by atoms with E-state index in [1.807, 2.05) is 5.38 Å². The third kappa shape index (κ3) is 2.80. The molecule has 0 saturated carbocycles. The maximum Gasteiger partial charge on any atom is 0.279 e. The predicted molar refractivity (Wildman–Crippen MR) is 56.5 cm³/mol. The SMILES string of the molecule is O=C(NNC(=S)S)c1cccs1. The van der Waals surface area contributed by atoms with Crippen LogP contribution in [-0.2, 0) is 0 Å². The van der Waals surface area contributed by atoms with Crippen molar-refractivity contribution in [3.8, 4) is 0 Å². The Kier molecular flexibility index (Phi) is 3.51. The van der Waals surface area contributed by atoms with Gasteiger partial charge in [0.2, 0.25) is 0 Å². The van der Waals surface area contributed by atoms with E-state index in [9.17, 15) is 4.79 Å². The van der Waals surface area contributed by atoms with Crippen LogP contribution in [0.3, 0.4) is 0 Å². The van der Waals surface area contributed by atoms with Crippen LogP contribution in [0.15, 0.2) is 17.5 Å². The smallest absolute Gasteiger partial charge is 0.279 e. The maximum absolute atomic E-state index is 11.2. The van der Waals surface area contributed by atoms with Gasteiger partial charge in [0.25, 0.3) is 5.91 Å². The molecule has 6 heteroatoms. The second kappa shape index (κ2) is 4.44. The van der Waals surface area contributed by atoms with Crippen LogP contribution in [0, 0.1) is 0 Å². The van der Waals surface area contributed by atoms with Gasteiger partial charge >= 0.3 is 0 Å². The molecule has 2 N–H and O–H groups in total. The number of thiophene rings is 1. The molecule has 0 bridgehead atoms. The number of nitrogens with one attached hydrogen (secondary N) is 2. The van der Waals surface area contributed by atoms with E-state index in [4.69, 9.17) is 0 Å². The third-order valence-electron chi connectivity index (χ3n) is 1.03. The van der Waals surface area contributed by atoms with Crippen molar-refractivity contribution in [2.45, 2.75) is 0 Å². The van der Waals surface area contributed by atoms with E-state index >= 15 is 0 Å². The van der Waals surface area contributed by atoms with Crippen LogP contribution in [-0.4, -0.2) is 10.2 Å². The minimum Gasteiger partial charge on any atom is -0.283 e. The van der Waals surface area contributed by atoms with Crippen molar-refractivity contribution >= 4 is 46.4 Å². The molecule has 64 valence electrons. The molecule has 1 aromatic heterocycles. The van der Waals surface area contributed by atoms with Gasteiger partial charge in [0, 0.05) is 0 Å². The molecule has 1 amide bonds. The topological polar surface area (TPSA) is 41.1 Å². The van der Waals surface area contributed by atoms with Gasteiger partial charge < -0.3 is 0 Å². The molecule has 0 aliphatic carbocycles. The standard InChI is InChI=1S/C6H6N2OS3/c9-5(7-8-6(10)11)4-2-1-3-12-4/h1-3H,(H,7,9)(H2,8,10,11). The van der Waals surface area contributed by atoms with Gasteiger partial charge in [-0.25, -0.2) is 0 Å². The Morgan fingerprint density at radius 1 is 1.58 bits per heavy atom. The van der Waals surface area contributed by atoms with Gasteiger partial charge in [-0.1, -0.05) is 18.3 Å². The molecule has 0 aromatic carbocycles. The summed E-state index contributed by atoms with van der Waals surface area (Å²) >= 11 is 9.73. The van der Waals surface area contributed by atoms with E-state index in [2.05, 4.69) is 35.7 Å². The summed E-state index contributed by atoms with van der Waals surface area (Å²) in [6, 6.07) is 3.53. The van der Waals surface area contributed by atoms with Gasteiger partial charge in [0.1, 0.15) is 4.32 Å². The fourth-order valence-corrected chi connectivity index (χ4v) is 1.31. The second-order valence-corrected chi connectivity index (χ2v) is 3.97. The monoisotopic (exact) mass is 218 g/mol. The van der Waals surface area contributed by atoms with Crippen LogP contribution in [0.5, 0.6) is 0 Å². The molecule has 12 heavy (non-hydrogen) atoms. The van der Waals surface area contributed by atoms with Gasteiger partial charge in [-0.2, -0.15) is 0 Å². The zero-order valence-corrected chi connectivity index (χ0v) is 8.43. The van der Waals surface area contributed by atoms with Crippen LogP contribution in [0.2, 0.25) is 0 Å². The summed E-state index contributed by atoms with van der Waals surface area (Å²) in [5, 5.41) is 1.83. The van der Waals surface area contributed by atoms with Crippen molar-refractivity contribution in [2.75, 3.05) is 0 Å². The van der Waals surface area contributed by atoms with Gasteiger partial charge in [-0.15, -0.1) is 24.0 Å². The first-order valence-corrected chi connectivity index (χ1v) is 4.76. The average Bonchev–Trinajstić information content (AvgIpc) is 2.51. The second-order valence-electron chi connectivity index (χ2n) is 1.86. The fraction of sp³-hybridized carbons (Fsp3) is 0. The summed E-state index contributed by atoms with van der Waals surface area (Å²) in [7, 11) is 0. The molecule has 0 atom stereocenters. The zero-order valence-electron chi connectivity index (χ0n) is 5.90. The van der Waals surface area contributed by atoms with Crippen molar-refractivity contribution in [1.82, 2.24) is 10.9 Å². The number of carbonyl (C=O) groups is 1. The van der Waals surface area contributed by atoms with E-state index in [-0.39, 0.29) is 10.2 Å². The number of thiocarbonyl (C=S) groups is 1. The number of amides is 1. The van der Waals surface area contributed by atoms with E-state index in [0.29, 0.717) is 4.88 Å². The highest BCUT2D eigenvalue weighted by Gasteiger charge is 2.04. The Labute approximate surface area is 84.5 Å². The summed E-state index contributed by atoms with van der Waals surface area (Å²) in [6.45, 7) is 0. The molecule has 0 fully saturated rings. The molecule has 3 nitrogen and oxygen atoms in total. The van der Waals surface area contributed by atoms with Crippen molar-refractivity contribution in [3.63, 3.8) is 0 Å². The van der Waals surface area contributed by atoms with Crippen LogP contribution in [0.1, 0.15) is 9.67 Å². The van der Waals surface area contributed by atoms with Gasteiger partial charge in [-0.3, -0.25) is 15.6 Å². The van der Waals surface area contributed by atoms with E-state index in [0.717, 1.165) is 0 Å². The number of thiol groups is 1. The number of rotatable bonds is 1. The first-order valence-electron chi connectivity index (χ1n) is 3.03. The number of hydrazine groups is 1. The molecular formula is C6H6N2OS3. The van der Waals surface area contributed by atoms with Gasteiger partial charge in [0.05, 0.1) is 4.88 Å². The lowest BCUT2D eigenvalue weighted by atomic mass is 10.5. The highest BCUT2D eigenvalue weighted by atomic mass is 32.1. The molecule has 0 aliphatic rings. The Morgan fingerprint density at radius 3 is 2.83 bits per heavy atom. The van der Waals surface area contributed by atoms with Crippen molar-refractivity contribution in [3.05, 3.63) is 22.4 Å². The lowest BCUT2D eigenvalue weighted by molar-refractivity contribution is 0.0949. The molecule has 0 radical (unpaired) electrons. The summed E-state index contributed by atoms with van der Waals surface area (Å²) in [6.07, 6.45) is 0. The van der Waals surface area contributed by atoms with E-state index in [1.54, 1.807) is 12.1 Å². The molecule has 0 spiro atoms. The van der Waals surface area contributed by atoms with Crippen LogP contribution >= 0.6 is 36.2 Å². The molecular weight excluding hydrogens is 212 g/mol. The van der Waals surface area contributed by atoms with Gasteiger partial charge in [-0.05, 0) is 11.4 Å². The van der Waals surface area contributed by atoms with E-state index < -0.39 is 0 Å². The minimum absolute atomic E-state index is 0.207. The van der Waals surface area contributed by atoms with Crippen molar-refractivity contribution in [2.24, 2.45) is 0 Å². The zero-order chi connectivity index (χ0) is 8.97. The average molecular weight is 218 g/mol. The number of carbonyl (C=O) groups excluding carboxylic acids is 1. The van der Waals surface area contributed by atoms with Crippen LogP contribution < -0.4 is 10.9 Å². The fourth-order valence-electron chi connectivity index (χ4n) is 0.580. The highest BCUT2D eigenvalue weighted by molar-refractivity contribution is 8.11. The van der Waals surface area contributed by atoms with Crippen molar-refractivity contribution < 1.29 is 4.79 Å². The van der Waals surface area contributed by atoms with Crippen LogP contribution in [0.25, 0.3) is 0 Å². The number of hydrogen-bond acceptors (Lipinski definition) is 3. The quantitative estimate of drug-likeness (QED) is 0.377. The van der Waals surface area contributed by atoms with Gasteiger partial charge in [0.15, 0.2) is 0 Å². The van der Waals surface area contributed by atoms with Crippen molar-refractivity contribution in [1.29, 1.82) is 0 Å². The Morgan fingerprint density at radius 2 is 2.33 bits per heavy atom. The van der Waals surface area contributed by atoms with Crippen LogP contribution in [0.4, 0.5) is 0 Å². The minimum atomic E-state index is -0.207. The molecule has 1 heterocycles. The number of hydrogen-bond donors (Lipinski definition) is 3. The van der Waals surface area contributed by atoms with E-state index in [1.165, 1.54) is 11.3 Å². The Hall–Kier alpha value is -0.590. The maximum atomic E-state index is 11.2.